The van der Waals surface area contributed by atoms with Crippen molar-refractivity contribution in [1.29, 1.82) is 0 Å². The standard InChI is InChI=1S/C26H22N4O3S/c1-2-17-6-10-19(11-7-17)29-25(24(28-26(29)34)21-5-3-4-16-27-21)23-15-14-22(33-23)18-8-12-20(13-9-18)30(31)32/h3-16,24-25H,2H2,1H3,(H,28,34)/t24-,25-/m1/s1. The fraction of sp³-hybridized carbons (Fsp3) is 0.154. The van der Waals surface area contributed by atoms with Gasteiger partial charge in [0, 0.05) is 29.6 Å². The van der Waals surface area contributed by atoms with Gasteiger partial charge in [0.15, 0.2) is 5.11 Å². The third kappa shape index (κ3) is 4.04. The summed E-state index contributed by atoms with van der Waals surface area (Å²) in [6.45, 7) is 2.12. The molecule has 1 N–H and O–H groups in total. The molecule has 170 valence electrons. The summed E-state index contributed by atoms with van der Waals surface area (Å²) in [6.07, 6.45) is 2.72. The molecule has 34 heavy (non-hydrogen) atoms. The number of nitro groups is 1. The summed E-state index contributed by atoms with van der Waals surface area (Å²) in [7, 11) is 0. The van der Waals surface area contributed by atoms with Crippen LogP contribution in [0.5, 0.6) is 0 Å². The van der Waals surface area contributed by atoms with Gasteiger partial charge in [0.2, 0.25) is 0 Å². The van der Waals surface area contributed by atoms with Crippen LogP contribution in [0.25, 0.3) is 11.3 Å². The SMILES string of the molecule is CCc1ccc(N2C(=S)N[C@H](c3ccccn3)[C@H]2c2ccc(-c3ccc([N+](=O)[O-])cc3)o2)cc1. The Bertz CT molecular complexity index is 1320. The lowest BCUT2D eigenvalue weighted by Crippen LogP contribution is -2.29. The van der Waals surface area contributed by atoms with Crippen molar-refractivity contribution in [2.24, 2.45) is 0 Å². The van der Waals surface area contributed by atoms with E-state index in [1.54, 1.807) is 18.3 Å². The normalized spacial score (nSPS) is 17.6. The second-order valence-corrected chi connectivity index (χ2v) is 8.41. The van der Waals surface area contributed by atoms with E-state index >= 15 is 0 Å². The average Bonchev–Trinajstić information content (AvgIpc) is 3.49. The van der Waals surface area contributed by atoms with Gasteiger partial charge in [-0.15, -0.1) is 0 Å². The van der Waals surface area contributed by atoms with Gasteiger partial charge in [-0.2, -0.15) is 0 Å². The van der Waals surface area contributed by atoms with Crippen LogP contribution >= 0.6 is 12.2 Å². The molecule has 0 unspecified atom stereocenters. The number of nitrogens with zero attached hydrogens (tertiary/aromatic N) is 3. The number of nitro benzene ring substituents is 1. The molecule has 1 fully saturated rings. The Labute approximate surface area is 202 Å². The molecule has 8 heteroatoms. The molecule has 4 aromatic rings. The molecule has 0 bridgehead atoms. The molecule has 7 nitrogen and oxygen atoms in total. The number of rotatable bonds is 6. The first kappa shape index (κ1) is 21.8. The zero-order valence-electron chi connectivity index (χ0n) is 18.4. The van der Waals surface area contributed by atoms with Crippen molar-refractivity contribution < 1.29 is 9.34 Å². The molecule has 3 heterocycles. The average molecular weight is 471 g/mol. The summed E-state index contributed by atoms with van der Waals surface area (Å²) >= 11 is 5.76. The molecule has 1 aliphatic rings. The van der Waals surface area contributed by atoms with Crippen molar-refractivity contribution in [3.05, 3.63) is 112 Å². The molecule has 2 aromatic carbocycles. The second-order valence-electron chi connectivity index (χ2n) is 8.02. The lowest BCUT2D eigenvalue weighted by Gasteiger charge is -2.26. The Morgan fingerprint density at radius 1 is 1.06 bits per heavy atom. The molecule has 0 spiro atoms. The first-order valence-corrected chi connectivity index (χ1v) is 11.4. The Morgan fingerprint density at radius 2 is 1.82 bits per heavy atom. The second kappa shape index (κ2) is 9.07. The van der Waals surface area contributed by atoms with Crippen LogP contribution in [-0.4, -0.2) is 15.0 Å². The van der Waals surface area contributed by atoms with Gasteiger partial charge in [0.1, 0.15) is 17.6 Å². The van der Waals surface area contributed by atoms with Crippen molar-refractivity contribution in [2.45, 2.75) is 25.4 Å². The third-order valence-electron chi connectivity index (χ3n) is 6.00. The lowest BCUT2D eigenvalue weighted by atomic mass is 10.0. The number of aromatic nitrogens is 1. The highest BCUT2D eigenvalue weighted by atomic mass is 32.1. The van der Waals surface area contributed by atoms with Crippen LogP contribution in [0.3, 0.4) is 0 Å². The van der Waals surface area contributed by atoms with E-state index in [0.717, 1.165) is 29.1 Å². The third-order valence-corrected chi connectivity index (χ3v) is 6.32. The van der Waals surface area contributed by atoms with Crippen LogP contribution in [0.15, 0.2) is 89.5 Å². The quantitative estimate of drug-likeness (QED) is 0.210. The largest absolute Gasteiger partial charge is 0.459 e. The van der Waals surface area contributed by atoms with Gasteiger partial charge >= 0.3 is 0 Å². The Morgan fingerprint density at radius 3 is 2.47 bits per heavy atom. The number of thiocarbonyl (C=S) groups is 1. The number of hydrogen-bond donors (Lipinski definition) is 1. The Hall–Kier alpha value is -4.04. The minimum absolute atomic E-state index is 0.0396. The number of pyridine rings is 1. The summed E-state index contributed by atoms with van der Waals surface area (Å²) < 4.78 is 6.31. The summed E-state index contributed by atoms with van der Waals surface area (Å²) in [6, 6.07) is 23.8. The highest BCUT2D eigenvalue weighted by Gasteiger charge is 2.42. The first-order valence-electron chi connectivity index (χ1n) is 11.0. The fourth-order valence-electron chi connectivity index (χ4n) is 4.23. The Kier molecular flexibility index (Phi) is 5.81. The van der Waals surface area contributed by atoms with Gasteiger partial charge in [0.25, 0.3) is 5.69 Å². The van der Waals surface area contributed by atoms with Crippen LogP contribution in [0.2, 0.25) is 0 Å². The van der Waals surface area contributed by atoms with Crippen molar-refractivity contribution in [2.75, 3.05) is 4.90 Å². The van der Waals surface area contributed by atoms with Crippen molar-refractivity contribution in [3.8, 4) is 11.3 Å². The monoisotopic (exact) mass is 470 g/mol. The molecule has 2 atom stereocenters. The maximum absolute atomic E-state index is 11.0. The molecular weight excluding hydrogens is 448 g/mol. The molecule has 0 aliphatic carbocycles. The molecule has 1 saturated heterocycles. The van der Waals surface area contributed by atoms with Crippen LogP contribution in [0.4, 0.5) is 11.4 Å². The maximum atomic E-state index is 11.0. The van der Waals surface area contributed by atoms with Crippen molar-refractivity contribution >= 4 is 28.7 Å². The van der Waals surface area contributed by atoms with Crippen LogP contribution in [0.1, 0.15) is 36.0 Å². The van der Waals surface area contributed by atoms with Crippen LogP contribution < -0.4 is 10.2 Å². The minimum Gasteiger partial charge on any atom is -0.459 e. The topological polar surface area (TPSA) is 84.4 Å². The summed E-state index contributed by atoms with van der Waals surface area (Å²) in [5.74, 6) is 1.35. The molecule has 0 saturated carbocycles. The highest BCUT2D eigenvalue weighted by molar-refractivity contribution is 7.80. The molecule has 1 aliphatic heterocycles. The number of benzene rings is 2. The zero-order chi connectivity index (χ0) is 23.7. The number of aryl methyl sites for hydroxylation is 1. The number of hydrogen-bond acceptors (Lipinski definition) is 5. The Balaban J connectivity index is 1.55. The maximum Gasteiger partial charge on any atom is 0.269 e. The molecule has 2 aromatic heterocycles. The first-order chi connectivity index (χ1) is 16.5. The van der Waals surface area contributed by atoms with E-state index in [1.165, 1.54) is 17.7 Å². The van der Waals surface area contributed by atoms with Gasteiger partial charge in [0.05, 0.1) is 16.7 Å². The predicted octanol–water partition coefficient (Wildman–Crippen LogP) is 5.99. The molecular formula is C26H22N4O3S. The smallest absolute Gasteiger partial charge is 0.269 e. The van der Waals surface area contributed by atoms with E-state index in [2.05, 4.69) is 46.4 Å². The van der Waals surface area contributed by atoms with Gasteiger partial charge in [-0.1, -0.05) is 25.1 Å². The van der Waals surface area contributed by atoms with Crippen molar-refractivity contribution in [1.82, 2.24) is 10.3 Å². The van der Waals surface area contributed by atoms with Crippen LogP contribution in [0, 0.1) is 10.1 Å². The minimum atomic E-state index is -0.415. The number of furan rings is 1. The van der Waals surface area contributed by atoms with Gasteiger partial charge in [-0.25, -0.2) is 0 Å². The fourth-order valence-corrected chi connectivity index (χ4v) is 4.57. The zero-order valence-corrected chi connectivity index (χ0v) is 19.2. The number of non-ortho nitro benzene ring substituents is 1. The van der Waals surface area contributed by atoms with Gasteiger partial charge in [-0.3, -0.25) is 15.1 Å². The van der Waals surface area contributed by atoms with E-state index in [9.17, 15) is 10.1 Å². The highest BCUT2D eigenvalue weighted by Crippen LogP contribution is 2.43. The van der Waals surface area contributed by atoms with E-state index in [4.69, 9.17) is 16.6 Å². The molecule has 0 radical (unpaired) electrons. The van der Waals surface area contributed by atoms with E-state index in [-0.39, 0.29) is 17.8 Å². The lowest BCUT2D eigenvalue weighted by molar-refractivity contribution is -0.384. The number of anilines is 1. The van der Waals surface area contributed by atoms with Crippen molar-refractivity contribution in [3.63, 3.8) is 0 Å². The van der Waals surface area contributed by atoms with Gasteiger partial charge < -0.3 is 14.6 Å². The van der Waals surface area contributed by atoms with E-state index in [1.807, 2.05) is 30.3 Å². The number of nitrogens with one attached hydrogen (secondary N) is 1. The molecule has 0 amide bonds. The van der Waals surface area contributed by atoms with E-state index in [0.29, 0.717) is 10.9 Å². The van der Waals surface area contributed by atoms with E-state index < -0.39 is 4.92 Å². The molecule has 5 rings (SSSR count). The predicted molar refractivity (Wildman–Crippen MR) is 135 cm³/mol. The van der Waals surface area contributed by atoms with Crippen LogP contribution in [-0.2, 0) is 6.42 Å². The van der Waals surface area contributed by atoms with Gasteiger partial charge in [-0.05, 0) is 72.7 Å². The summed E-state index contributed by atoms with van der Waals surface area (Å²) in [5.41, 5.74) is 3.87. The summed E-state index contributed by atoms with van der Waals surface area (Å²) in [5, 5.41) is 15.0. The summed E-state index contributed by atoms with van der Waals surface area (Å²) in [4.78, 5) is 17.2.